The van der Waals surface area contributed by atoms with Gasteiger partial charge in [0.2, 0.25) is 11.8 Å². The van der Waals surface area contributed by atoms with Gasteiger partial charge in [-0.2, -0.15) is 0 Å². The Hall–Kier alpha value is -1.96. The van der Waals surface area contributed by atoms with E-state index in [1.54, 1.807) is 12.1 Å². The number of benzene rings is 2. The lowest BCUT2D eigenvalue weighted by Gasteiger charge is -2.17. The molecule has 0 radical (unpaired) electrons. The van der Waals surface area contributed by atoms with Crippen LogP contribution in [0.25, 0.3) is 0 Å². The Morgan fingerprint density at radius 1 is 1.22 bits per heavy atom. The van der Waals surface area contributed by atoms with Gasteiger partial charge in [0.25, 0.3) is 0 Å². The van der Waals surface area contributed by atoms with E-state index in [4.69, 9.17) is 0 Å². The van der Waals surface area contributed by atoms with Crippen LogP contribution in [0.5, 0.6) is 0 Å². The van der Waals surface area contributed by atoms with Gasteiger partial charge in [-0.05, 0) is 52.4 Å². The van der Waals surface area contributed by atoms with Crippen molar-refractivity contribution in [3.05, 3.63) is 63.5 Å². The number of halogens is 2. The van der Waals surface area contributed by atoms with Gasteiger partial charge in [0.05, 0.1) is 5.69 Å². The summed E-state index contributed by atoms with van der Waals surface area (Å²) in [4.78, 5) is 24.6. The molecule has 0 unspecified atom stereocenters. The fourth-order valence-electron chi connectivity index (χ4n) is 2.74. The summed E-state index contributed by atoms with van der Waals surface area (Å²) in [5.41, 5.74) is 1.00. The maximum absolute atomic E-state index is 13.7. The van der Waals surface area contributed by atoms with Crippen molar-refractivity contribution in [2.45, 2.75) is 5.92 Å². The maximum Gasteiger partial charge on any atom is 0.237 e. The molecule has 6 heteroatoms. The minimum absolute atomic E-state index is 0.0820. The van der Waals surface area contributed by atoms with Crippen LogP contribution >= 0.6 is 22.6 Å². The summed E-state index contributed by atoms with van der Waals surface area (Å²) in [6, 6.07) is 13.6. The second-order valence-electron chi connectivity index (χ2n) is 5.35. The van der Waals surface area contributed by atoms with E-state index in [0.29, 0.717) is 6.54 Å². The Morgan fingerprint density at radius 2 is 2.00 bits per heavy atom. The average molecular weight is 424 g/mol. The number of carbonyl (C=O) groups is 2. The third-order valence-electron chi connectivity index (χ3n) is 3.87. The van der Waals surface area contributed by atoms with Crippen molar-refractivity contribution in [2.75, 3.05) is 11.9 Å². The summed E-state index contributed by atoms with van der Waals surface area (Å²) in [7, 11) is 0. The topological polar surface area (TPSA) is 58.2 Å². The maximum atomic E-state index is 13.7. The SMILES string of the molecule is O=C1NC[C@H](c2cccc(I)c2)[C@H]1C(=O)Nc1ccccc1F. The summed E-state index contributed by atoms with van der Waals surface area (Å²) >= 11 is 2.19. The molecule has 0 aliphatic carbocycles. The van der Waals surface area contributed by atoms with Gasteiger partial charge in [-0.3, -0.25) is 9.59 Å². The van der Waals surface area contributed by atoms with Gasteiger partial charge < -0.3 is 10.6 Å². The van der Waals surface area contributed by atoms with Crippen molar-refractivity contribution in [1.29, 1.82) is 0 Å². The molecule has 1 fully saturated rings. The van der Waals surface area contributed by atoms with Crippen LogP contribution in [0, 0.1) is 15.3 Å². The molecule has 2 aromatic rings. The highest BCUT2D eigenvalue weighted by Crippen LogP contribution is 2.31. The lowest BCUT2D eigenvalue weighted by molar-refractivity contribution is -0.130. The normalized spacial score (nSPS) is 20.2. The van der Waals surface area contributed by atoms with E-state index in [-0.39, 0.29) is 17.5 Å². The first-order chi connectivity index (χ1) is 11.1. The molecule has 118 valence electrons. The van der Waals surface area contributed by atoms with Crippen LogP contribution in [0.2, 0.25) is 0 Å². The van der Waals surface area contributed by atoms with E-state index in [1.807, 2.05) is 24.3 Å². The fourth-order valence-corrected chi connectivity index (χ4v) is 3.31. The molecular weight excluding hydrogens is 410 g/mol. The fraction of sp³-hybridized carbons (Fsp3) is 0.176. The summed E-state index contributed by atoms with van der Waals surface area (Å²) in [6.07, 6.45) is 0. The smallest absolute Gasteiger partial charge is 0.237 e. The minimum Gasteiger partial charge on any atom is -0.355 e. The molecule has 3 rings (SSSR count). The summed E-state index contributed by atoms with van der Waals surface area (Å²) in [6.45, 7) is 0.397. The first-order valence-corrected chi connectivity index (χ1v) is 8.22. The van der Waals surface area contributed by atoms with Crippen molar-refractivity contribution in [2.24, 2.45) is 5.92 Å². The molecule has 2 aromatic carbocycles. The van der Waals surface area contributed by atoms with Gasteiger partial charge >= 0.3 is 0 Å². The van der Waals surface area contributed by atoms with Crippen LogP contribution in [-0.4, -0.2) is 18.4 Å². The van der Waals surface area contributed by atoms with Crippen LogP contribution in [0.4, 0.5) is 10.1 Å². The third kappa shape index (κ3) is 3.36. The molecule has 1 heterocycles. The van der Waals surface area contributed by atoms with Crippen molar-refractivity contribution < 1.29 is 14.0 Å². The predicted octanol–water partition coefficient (Wildman–Crippen LogP) is 2.90. The van der Waals surface area contributed by atoms with Crippen LogP contribution in [0.3, 0.4) is 0 Å². The van der Waals surface area contributed by atoms with Crippen molar-refractivity contribution in [3.63, 3.8) is 0 Å². The molecule has 2 N–H and O–H groups in total. The predicted molar refractivity (Wildman–Crippen MR) is 93.4 cm³/mol. The Kier molecular flexibility index (Phi) is 4.61. The summed E-state index contributed by atoms with van der Waals surface area (Å²) in [5, 5.41) is 5.24. The van der Waals surface area contributed by atoms with E-state index in [2.05, 4.69) is 33.2 Å². The molecule has 4 nitrogen and oxygen atoms in total. The quantitative estimate of drug-likeness (QED) is 0.588. The number of carbonyl (C=O) groups excluding carboxylic acids is 2. The second-order valence-corrected chi connectivity index (χ2v) is 6.60. The molecule has 1 aliphatic heterocycles. The second kappa shape index (κ2) is 6.66. The first-order valence-electron chi connectivity index (χ1n) is 7.15. The molecule has 1 saturated heterocycles. The van der Waals surface area contributed by atoms with Crippen molar-refractivity contribution in [3.8, 4) is 0 Å². The van der Waals surface area contributed by atoms with E-state index in [9.17, 15) is 14.0 Å². The Morgan fingerprint density at radius 3 is 2.74 bits per heavy atom. The molecule has 0 bridgehead atoms. The molecule has 23 heavy (non-hydrogen) atoms. The minimum atomic E-state index is -0.868. The monoisotopic (exact) mass is 424 g/mol. The van der Waals surface area contributed by atoms with E-state index in [0.717, 1.165) is 9.13 Å². The zero-order chi connectivity index (χ0) is 16.4. The first kappa shape index (κ1) is 15.9. The summed E-state index contributed by atoms with van der Waals surface area (Å²) in [5.74, 6) is -2.47. The molecule has 1 aliphatic rings. The Labute approximate surface area is 146 Å². The largest absolute Gasteiger partial charge is 0.355 e. The van der Waals surface area contributed by atoms with Gasteiger partial charge in [0.15, 0.2) is 0 Å². The molecule has 0 spiro atoms. The highest BCUT2D eigenvalue weighted by atomic mass is 127. The number of rotatable bonds is 3. The lowest BCUT2D eigenvalue weighted by atomic mass is 9.88. The van der Waals surface area contributed by atoms with Gasteiger partial charge in [0.1, 0.15) is 11.7 Å². The highest BCUT2D eigenvalue weighted by Gasteiger charge is 2.41. The number of hydrogen-bond donors (Lipinski definition) is 2. The van der Waals surface area contributed by atoms with Gasteiger partial charge in [-0.25, -0.2) is 4.39 Å². The standard InChI is InChI=1S/C17H14FIN2O2/c18-13-6-1-2-7-14(13)21-17(23)15-12(9-20-16(15)22)10-4-3-5-11(19)8-10/h1-8,12,15H,9H2,(H,20,22)(H,21,23)/t12-,15-/m1/s1. The van der Waals surface area contributed by atoms with E-state index in [1.165, 1.54) is 12.1 Å². The molecule has 0 saturated carbocycles. The van der Waals surface area contributed by atoms with E-state index < -0.39 is 17.6 Å². The number of amides is 2. The zero-order valence-corrected chi connectivity index (χ0v) is 14.2. The highest BCUT2D eigenvalue weighted by molar-refractivity contribution is 14.1. The van der Waals surface area contributed by atoms with Crippen LogP contribution in [0.15, 0.2) is 48.5 Å². The van der Waals surface area contributed by atoms with Gasteiger partial charge in [-0.1, -0.05) is 24.3 Å². The van der Waals surface area contributed by atoms with Crippen molar-refractivity contribution in [1.82, 2.24) is 5.32 Å². The molecule has 2 atom stereocenters. The number of nitrogens with one attached hydrogen (secondary N) is 2. The van der Waals surface area contributed by atoms with Crippen LogP contribution < -0.4 is 10.6 Å². The van der Waals surface area contributed by atoms with E-state index >= 15 is 0 Å². The number of anilines is 1. The van der Waals surface area contributed by atoms with Gasteiger partial charge in [0, 0.05) is 16.0 Å². The Balaban J connectivity index is 1.85. The van der Waals surface area contributed by atoms with Crippen molar-refractivity contribution >= 4 is 40.1 Å². The Bertz CT molecular complexity index is 766. The van der Waals surface area contributed by atoms with Crippen LogP contribution in [-0.2, 0) is 9.59 Å². The lowest BCUT2D eigenvalue weighted by Crippen LogP contribution is -2.32. The number of para-hydroxylation sites is 1. The molecule has 0 aromatic heterocycles. The summed E-state index contributed by atoms with van der Waals surface area (Å²) < 4.78 is 14.7. The molecule has 2 amide bonds. The number of hydrogen-bond acceptors (Lipinski definition) is 2. The molecular formula is C17H14FIN2O2. The average Bonchev–Trinajstić information content (AvgIpc) is 2.91. The van der Waals surface area contributed by atoms with Gasteiger partial charge in [-0.15, -0.1) is 0 Å². The third-order valence-corrected chi connectivity index (χ3v) is 4.54. The van der Waals surface area contributed by atoms with Crippen LogP contribution in [0.1, 0.15) is 11.5 Å². The zero-order valence-electron chi connectivity index (χ0n) is 12.1.